The summed E-state index contributed by atoms with van der Waals surface area (Å²) in [4.78, 5) is 28.1. The number of benzene rings is 1. The van der Waals surface area contributed by atoms with Crippen LogP contribution in [0.3, 0.4) is 0 Å². The molecule has 0 fully saturated rings. The van der Waals surface area contributed by atoms with Gasteiger partial charge in [-0.2, -0.15) is 0 Å². The molecule has 0 spiro atoms. The van der Waals surface area contributed by atoms with Crippen molar-refractivity contribution >= 4 is 17.5 Å². The number of hydrogen-bond acceptors (Lipinski definition) is 4. The summed E-state index contributed by atoms with van der Waals surface area (Å²) in [6.45, 7) is 1.88. The number of rotatable bonds is 4. The Morgan fingerprint density at radius 3 is 2.58 bits per heavy atom. The second-order valence-electron chi connectivity index (χ2n) is 5.40. The van der Waals surface area contributed by atoms with Gasteiger partial charge in [-0.25, -0.2) is 9.78 Å². The predicted octanol–water partition coefficient (Wildman–Crippen LogP) is 2.61. The first-order valence-electron chi connectivity index (χ1n) is 7.51. The van der Waals surface area contributed by atoms with Crippen molar-refractivity contribution in [2.75, 3.05) is 7.11 Å². The molecule has 0 aliphatic heterocycles. The van der Waals surface area contributed by atoms with E-state index in [9.17, 15) is 9.59 Å². The molecule has 0 radical (unpaired) electrons. The third-order valence-corrected chi connectivity index (χ3v) is 3.78. The molecule has 1 N–H and O–H groups in total. The van der Waals surface area contributed by atoms with Crippen LogP contribution in [0.25, 0.3) is 5.65 Å². The number of carbonyl (C=O) groups is 2. The molecule has 6 nitrogen and oxygen atoms in total. The number of ether oxygens (including phenoxy) is 1. The van der Waals surface area contributed by atoms with Crippen LogP contribution in [0, 0.1) is 0 Å². The number of imidazole rings is 1. The summed E-state index contributed by atoms with van der Waals surface area (Å²) in [5, 5.41) is 2.91. The van der Waals surface area contributed by atoms with Gasteiger partial charge in [0.25, 0.3) is 5.91 Å². The van der Waals surface area contributed by atoms with Crippen LogP contribution < -0.4 is 5.32 Å². The van der Waals surface area contributed by atoms with E-state index in [0.717, 1.165) is 11.2 Å². The van der Waals surface area contributed by atoms with Gasteiger partial charge in [0.05, 0.1) is 18.7 Å². The molecule has 122 valence electrons. The maximum atomic E-state index is 12.4. The number of hydrogen-bond donors (Lipinski definition) is 1. The fourth-order valence-corrected chi connectivity index (χ4v) is 2.42. The molecule has 0 bridgehead atoms. The van der Waals surface area contributed by atoms with Crippen LogP contribution in [-0.2, 0) is 4.74 Å². The minimum Gasteiger partial charge on any atom is -0.465 e. The van der Waals surface area contributed by atoms with Gasteiger partial charge in [0.15, 0.2) is 0 Å². The van der Waals surface area contributed by atoms with Gasteiger partial charge in [-0.1, -0.05) is 18.2 Å². The lowest BCUT2D eigenvalue weighted by atomic mass is 10.1. The molecule has 1 amide bonds. The molecule has 1 aromatic carbocycles. The lowest BCUT2D eigenvalue weighted by Crippen LogP contribution is -2.26. The average molecular weight is 323 g/mol. The smallest absolute Gasteiger partial charge is 0.337 e. The van der Waals surface area contributed by atoms with E-state index in [1.807, 2.05) is 31.3 Å². The molecule has 24 heavy (non-hydrogen) atoms. The monoisotopic (exact) mass is 323 g/mol. The van der Waals surface area contributed by atoms with Gasteiger partial charge in [0.1, 0.15) is 11.3 Å². The lowest BCUT2D eigenvalue weighted by Gasteiger charge is -2.13. The Kier molecular flexibility index (Phi) is 4.29. The second-order valence-corrected chi connectivity index (χ2v) is 5.40. The Hall–Kier alpha value is -3.15. The third kappa shape index (κ3) is 3.12. The molecule has 0 aliphatic carbocycles. The van der Waals surface area contributed by atoms with Crippen molar-refractivity contribution in [2.24, 2.45) is 0 Å². The maximum Gasteiger partial charge on any atom is 0.337 e. The van der Waals surface area contributed by atoms with Crippen molar-refractivity contribution in [3.8, 4) is 0 Å². The molecule has 1 atom stereocenters. The summed E-state index contributed by atoms with van der Waals surface area (Å²) in [7, 11) is 1.34. The van der Waals surface area contributed by atoms with E-state index in [1.54, 1.807) is 34.9 Å². The zero-order valence-electron chi connectivity index (χ0n) is 13.4. The summed E-state index contributed by atoms with van der Waals surface area (Å²) >= 11 is 0. The number of nitrogens with zero attached hydrogens (tertiary/aromatic N) is 2. The van der Waals surface area contributed by atoms with Gasteiger partial charge in [0.2, 0.25) is 0 Å². The first-order valence-corrected chi connectivity index (χ1v) is 7.51. The Morgan fingerprint density at radius 1 is 1.17 bits per heavy atom. The molecule has 3 rings (SSSR count). The van der Waals surface area contributed by atoms with Crippen LogP contribution in [0.1, 0.15) is 39.4 Å². The summed E-state index contributed by atoms with van der Waals surface area (Å²) in [6, 6.07) is 12.3. The highest BCUT2D eigenvalue weighted by Gasteiger charge is 2.15. The highest BCUT2D eigenvalue weighted by atomic mass is 16.5. The largest absolute Gasteiger partial charge is 0.465 e. The molecule has 0 saturated carbocycles. The molecule has 6 heteroatoms. The number of carbonyl (C=O) groups excluding carboxylic acids is 2. The van der Waals surface area contributed by atoms with Crippen molar-refractivity contribution in [1.29, 1.82) is 0 Å². The normalized spacial score (nSPS) is 11.9. The number of amides is 1. The quantitative estimate of drug-likeness (QED) is 0.749. The topological polar surface area (TPSA) is 72.7 Å². The van der Waals surface area contributed by atoms with E-state index in [4.69, 9.17) is 0 Å². The molecule has 0 unspecified atom stereocenters. The first kappa shape index (κ1) is 15.7. The van der Waals surface area contributed by atoms with Crippen molar-refractivity contribution < 1.29 is 14.3 Å². The SMILES string of the molecule is COC(=O)c1ccc([C@@H](C)NC(=O)c2cn3ccccc3n2)cc1. The minimum atomic E-state index is -0.386. The first-order chi connectivity index (χ1) is 11.6. The zero-order chi connectivity index (χ0) is 17.1. The Morgan fingerprint density at radius 2 is 1.92 bits per heavy atom. The molecule has 2 aromatic heterocycles. The predicted molar refractivity (Wildman–Crippen MR) is 88.9 cm³/mol. The fourth-order valence-electron chi connectivity index (χ4n) is 2.42. The molecular weight excluding hydrogens is 306 g/mol. The van der Waals surface area contributed by atoms with Crippen molar-refractivity contribution in [3.63, 3.8) is 0 Å². The van der Waals surface area contributed by atoms with Crippen LogP contribution in [0.2, 0.25) is 0 Å². The van der Waals surface area contributed by atoms with Gasteiger partial charge >= 0.3 is 5.97 Å². The Bertz CT molecular complexity index is 851. The number of methoxy groups -OCH3 is 1. The summed E-state index contributed by atoms with van der Waals surface area (Å²) < 4.78 is 6.46. The van der Waals surface area contributed by atoms with Crippen LogP contribution in [0.4, 0.5) is 0 Å². The van der Waals surface area contributed by atoms with Gasteiger partial charge in [0, 0.05) is 12.4 Å². The summed E-state index contributed by atoms with van der Waals surface area (Å²) in [6.07, 6.45) is 3.53. The van der Waals surface area contributed by atoms with Crippen molar-refractivity contribution in [1.82, 2.24) is 14.7 Å². The minimum absolute atomic E-state index is 0.214. The van der Waals surface area contributed by atoms with E-state index in [2.05, 4.69) is 15.0 Å². The zero-order valence-corrected chi connectivity index (χ0v) is 13.4. The van der Waals surface area contributed by atoms with Crippen LogP contribution in [0.5, 0.6) is 0 Å². The maximum absolute atomic E-state index is 12.4. The molecule has 0 saturated heterocycles. The Labute approximate surface area is 139 Å². The van der Waals surface area contributed by atoms with Crippen LogP contribution >= 0.6 is 0 Å². The van der Waals surface area contributed by atoms with E-state index in [0.29, 0.717) is 11.3 Å². The fraction of sp³-hybridized carbons (Fsp3) is 0.167. The van der Waals surface area contributed by atoms with E-state index in [1.165, 1.54) is 7.11 Å². The highest BCUT2D eigenvalue weighted by molar-refractivity contribution is 5.93. The highest BCUT2D eigenvalue weighted by Crippen LogP contribution is 2.15. The molecule has 2 heterocycles. The summed E-state index contributed by atoms with van der Waals surface area (Å²) in [5.41, 5.74) is 2.44. The van der Waals surface area contributed by atoms with E-state index >= 15 is 0 Å². The number of nitrogens with one attached hydrogen (secondary N) is 1. The third-order valence-electron chi connectivity index (χ3n) is 3.78. The second kappa shape index (κ2) is 6.54. The van der Waals surface area contributed by atoms with Gasteiger partial charge < -0.3 is 14.5 Å². The number of pyridine rings is 1. The van der Waals surface area contributed by atoms with Crippen molar-refractivity contribution in [3.05, 3.63) is 71.7 Å². The van der Waals surface area contributed by atoms with E-state index < -0.39 is 0 Å². The van der Waals surface area contributed by atoms with E-state index in [-0.39, 0.29) is 17.9 Å². The summed E-state index contributed by atoms with van der Waals surface area (Å²) in [5.74, 6) is -0.633. The number of fused-ring (bicyclic) bond motifs is 1. The number of esters is 1. The standard InChI is InChI=1S/C18H17N3O3/c1-12(13-6-8-14(9-7-13)18(23)24-2)19-17(22)15-11-21-10-4-3-5-16(21)20-15/h3-12H,1-2H3,(H,19,22)/t12-/m1/s1. The van der Waals surface area contributed by atoms with Gasteiger partial charge in [-0.15, -0.1) is 0 Å². The van der Waals surface area contributed by atoms with Gasteiger partial charge in [-0.05, 0) is 36.8 Å². The van der Waals surface area contributed by atoms with Crippen LogP contribution in [0.15, 0.2) is 54.9 Å². The molecule has 3 aromatic rings. The van der Waals surface area contributed by atoms with Crippen LogP contribution in [-0.4, -0.2) is 28.4 Å². The molecule has 0 aliphatic rings. The number of aromatic nitrogens is 2. The van der Waals surface area contributed by atoms with Gasteiger partial charge in [-0.3, -0.25) is 4.79 Å². The Balaban J connectivity index is 1.72. The lowest BCUT2D eigenvalue weighted by molar-refractivity contribution is 0.0600. The average Bonchev–Trinajstić information content (AvgIpc) is 3.05. The van der Waals surface area contributed by atoms with Crippen molar-refractivity contribution in [2.45, 2.75) is 13.0 Å². The molecular formula is C18H17N3O3.